The van der Waals surface area contributed by atoms with Gasteiger partial charge in [0.25, 0.3) is 0 Å². The summed E-state index contributed by atoms with van der Waals surface area (Å²) in [6.45, 7) is 0. The Bertz CT molecular complexity index is 738. The SMILES string of the molecule is OC(c1ccc(Br)cc1F)c1cccc2ccsc12. The molecule has 0 bridgehead atoms. The molecule has 3 rings (SSSR count). The van der Waals surface area contributed by atoms with E-state index in [1.807, 2.05) is 29.6 Å². The summed E-state index contributed by atoms with van der Waals surface area (Å²) >= 11 is 4.77. The summed E-state index contributed by atoms with van der Waals surface area (Å²) in [5.41, 5.74) is 1.04. The van der Waals surface area contributed by atoms with Crippen LogP contribution in [0.4, 0.5) is 4.39 Å². The third-order valence-electron chi connectivity index (χ3n) is 3.06. The van der Waals surface area contributed by atoms with Gasteiger partial charge in [0.1, 0.15) is 11.9 Å². The Hall–Kier alpha value is -1.23. The van der Waals surface area contributed by atoms with E-state index in [4.69, 9.17) is 0 Å². The van der Waals surface area contributed by atoms with Crippen LogP contribution in [0, 0.1) is 5.82 Å². The molecule has 1 nitrogen and oxygen atoms in total. The Balaban J connectivity index is 2.13. The summed E-state index contributed by atoms with van der Waals surface area (Å²) in [5, 5.41) is 13.5. The number of hydrogen-bond donors (Lipinski definition) is 1. The number of rotatable bonds is 2. The van der Waals surface area contributed by atoms with Gasteiger partial charge >= 0.3 is 0 Å². The lowest BCUT2D eigenvalue weighted by molar-refractivity contribution is 0.216. The van der Waals surface area contributed by atoms with Crippen LogP contribution in [0.15, 0.2) is 52.3 Å². The lowest BCUT2D eigenvalue weighted by atomic mass is 10.00. The fraction of sp³-hybridized carbons (Fsp3) is 0.0667. The van der Waals surface area contributed by atoms with Crippen LogP contribution in [0.5, 0.6) is 0 Å². The topological polar surface area (TPSA) is 20.2 Å². The second-order valence-electron chi connectivity index (χ2n) is 4.25. The molecule has 1 aromatic heterocycles. The first-order valence-corrected chi connectivity index (χ1v) is 7.43. The van der Waals surface area contributed by atoms with E-state index in [2.05, 4.69) is 15.9 Å². The van der Waals surface area contributed by atoms with Crippen molar-refractivity contribution in [2.45, 2.75) is 6.10 Å². The van der Waals surface area contributed by atoms with Gasteiger partial charge in [-0.15, -0.1) is 11.3 Å². The van der Waals surface area contributed by atoms with Crippen molar-refractivity contribution in [1.29, 1.82) is 0 Å². The highest BCUT2D eigenvalue weighted by atomic mass is 79.9. The van der Waals surface area contributed by atoms with Crippen LogP contribution in [-0.4, -0.2) is 5.11 Å². The predicted molar refractivity (Wildman–Crippen MR) is 80.0 cm³/mol. The van der Waals surface area contributed by atoms with Gasteiger partial charge in [-0.3, -0.25) is 0 Å². The maximum Gasteiger partial charge on any atom is 0.130 e. The molecule has 3 aromatic rings. The third-order valence-corrected chi connectivity index (χ3v) is 4.53. The molecule has 0 amide bonds. The first-order chi connectivity index (χ1) is 9.16. The van der Waals surface area contributed by atoms with Gasteiger partial charge in [-0.2, -0.15) is 0 Å². The van der Waals surface area contributed by atoms with E-state index in [1.165, 1.54) is 6.07 Å². The van der Waals surface area contributed by atoms with Crippen LogP contribution in [0.3, 0.4) is 0 Å². The summed E-state index contributed by atoms with van der Waals surface area (Å²) in [4.78, 5) is 0. The molecule has 96 valence electrons. The first kappa shape index (κ1) is 12.8. The van der Waals surface area contributed by atoms with Crippen LogP contribution >= 0.6 is 27.3 Å². The highest BCUT2D eigenvalue weighted by Crippen LogP contribution is 2.33. The van der Waals surface area contributed by atoms with Gasteiger partial charge in [0, 0.05) is 20.3 Å². The number of aliphatic hydroxyl groups is 1. The number of aliphatic hydroxyl groups excluding tert-OH is 1. The molecule has 1 unspecified atom stereocenters. The molecule has 0 saturated heterocycles. The standard InChI is InChI=1S/C15H10BrFOS/c16-10-4-5-11(13(17)8-10)14(18)12-3-1-2-9-6-7-19-15(9)12/h1-8,14,18H. The number of thiophene rings is 1. The number of fused-ring (bicyclic) bond motifs is 1. The van der Waals surface area contributed by atoms with Gasteiger partial charge in [0.15, 0.2) is 0 Å². The molecule has 0 aliphatic heterocycles. The quantitative estimate of drug-likeness (QED) is 0.706. The highest BCUT2D eigenvalue weighted by molar-refractivity contribution is 9.10. The monoisotopic (exact) mass is 336 g/mol. The largest absolute Gasteiger partial charge is 0.383 e. The van der Waals surface area contributed by atoms with Gasteiger partial charge in [0.2, 0.25) is 0 Å². The molecule has 1 heterocycles. The predicted octanol–water partition coefficient (Wildman–Crippen LogP) is 4.88. The van der Waals surface area contributed by atoms with Crippen LogP contribution in [0.2, 0.25) is 0 Å². The minimum atomic E-state index is -0.949. The van der Waals surface area contributed by atoms with E-state index >= 15 is 0 Å². The summed E-state index contributed by atoms with van der Waals surface area (Å²) in [6, 6.07) is 12.4. The zero-order chi connectivity index (χ0) is 13.4. The molecule has 0 aliphatic rings. The minimum Gasteiger partial charge on any atom is -0.383 e. The number of benzene rings is 2. The van der Waals surface area contributed by atoms with Crippen molar-refractivity contribution in [1.82, 2.24) is 0 Å². The average Bonchev–Trinajstić information content (AvgIpc) is 2.86. The molecule has 2 aromatic carbocycles. The second kappa shape index (κ2) is 5.04. The van der Waals surface area contributed by atoms with Crippen molar-refractivity contribution in [3.05, 3.63) is 69.3 Å². The number of hydrogen-bond acceptors (Lipinski definition) is 2. The molecular formula is C15H10BrFOS. The minimum absolute atomic E-state index is 0.295. The van der Waals surface area contributed by atoms with Crippen molar-refractivity contribution < 1.29 is 9.50 Å². The normalized spacial score (nSPS) is 12.8. The summed E-state index contributed by atoms with van der Waals surface area (Å²) in [6.07, 6.45) is -0.949. The Kier molecular flexibility index (Phi) is 3.39. The van der Waals surface area contributed by atoms with Crippen LogP contribution < -0.4 is 0 Å². The Morgan fingerprint density at radius 1 is 1.11 bits per heavy atom. The molecule has 0 aliphatic carbocycles. The van der Waals surface area contributed by atoms with Crippen molar-refractivity contribution in [2.24, 2.45) is 0 Å². The van der Waals surface area contributed by atoms with E-state index in [0.717, 1.165) is 15.6 Å². The van der Waals surface area contributed by atoms with E-state index in [0.29, 0.717) is 10.0 Å². The van der Waals surface area contributed by atoms with Crippen molar-refractivity contribution in [3.8, 4) is 0 Å². The molecule has 0 spiro atoms. The van der Waals surface area contributed by atoms with Crippen LogP contribution in [0.25, 0.3) is 10.1 Å². The molecule has 0 fully saturated rings. The zero-order valence-electron chi connectivity index (χ0n) is 9.81. The maximum absolute atomic E-state index is 13.9. The summed E-state index contributed by atoms with van der Waals surface area (Å²) in [5.74, 6) is -0.407. The van der Waals surface area contributed by atoms with Gasteiger partial charge in [-0.25, -0.2) is 4.39 Å². The zero-order valence-corrected chi connectivity index (χ0v) is 12.2. The smallest absolute Gasteiger partial charge is 0.130 e. The van der Waals surface area contributed by atoms with Gasteiger partial charge in [-0.05, 0) is 29.0 Å². The van der Waals surface area contributed by atoms with E-state index < -0.39 is 11.9 Å². The Labute approximate surface area is 122 Å². The summed E-state index contributed by atoms with van der Waals surface area (Å²) < 4.78 is 15.6. The van der Waals surface area contributed by atoms with E-state index in [-0.39, 0.29) is 0 Å². The lowest BCUT2D eigenvalue weighted by Crippen LogP contribution is -2.02. The van der Waals surface area contributed by atoms with E-state index in [9.17, 15) is 9.50 Å². The first-order valence-electron chi connectivity index (χ1n) is 5.76. The highest BCUT2D eigenvalue weighted by Gasteiger charge is 2.17. The fourth-order valence-corrected chi connectivity index (χ4v) is 3.39. The second-order valence-corrected chi connectivity index (χ2v) is 6.09. The van der Waals surface area contributed by atoms with Crippen molar-refractivity contribution >= 4 is 37.4 Å². The molecule has 19 heavy (non-hydrogen) atoms. The van der Waals surface area contributed by atoms with Crippen molar-refractivity contribution in [3.63, 3.8) is 0 Å². The van der Waals surface area contributed by atoms with Gasteiger partial charge in [0.05, 0.1) is 0 Å². The van der Waals surface area contributed by atoms with E-state index in [1.54, 1.807) is 23.5 Å². The maximum atomic E-state index is 13.9. The van der Waals surface area contributed by atoms with Crippen molar-refractivity contribution in [2.75, 3.05) is 0 Å². The average molecular weight is 337 g/mol. The molecular weight excluding hydrogens is 327 g/mol. The Morgan fingerprint density at radius 2 is 1.95 bits per heavy atom. The van der Waals surface area contributed by atoms with Crippen LogP contribution in [0.1, 0.15) is 17.2 Å². The third kappa shape index (κ3) is 2.31. The lowest BCUT2D eigenvalue weighted by Gasteiger charge is -2.13. The fourth-order valence-electron chi connectivity index (χ4n) is 2.12. The van der Waals surface area contributed by atoms with Gasteiger partial charge < -0.3 is 5.11 Å². The van der Waals surface area contributed by atoms with Gasteiger partial charge in [-0.1, -0.05) is 40.2 Å². The molecule has 1 N–H and O–H groups in total. The molecule has 1 atom stereocenters. The Morgan fingerprint density at radius 3 is 2.74 bits per heavy atom. The molecule has 0 radical (unpaired) electrons. The molecule has 0 saturated carbocycles. The van der Waals surface area contributed by atoms with Crippen LogP contribution in [-0.2, 0) is 0 Å². The summed E-state index contributed by atoms with van der Waals surface area (Å²) in [7, 11) is 0. The molecule has 4 heteroatoms. The number of halogens is 2.